The molecule has 0 aliphatic heterocycles. The summed E-state index contributed by atoms with van der Waals surface area (Å²) >= 11 is 0. The number of rotatable bonds is 7. The second-order valence-corrected chi connectivity index (χ2v) is 3.73. The van der Waals surface area contributed by atoms with Gasteiger partial charge in [0.1, 0.15) is 12.4 Å². The first-order chi connectivity index (χ1) is 8.88. The van der Waals surface area contributed by atoms with Crippen LogP contribution in [0.3, 0.4) is 0 Å². The Morgan fingerprint density at radius 2 is 2.00 bits per heavy atom. The van der Waals surface area contributed by atoms with Gasteiger partial charge in [0.05, 0.1) is 18.8 Å². The largest absolute Gasteiger partial charge is 0.490 e. The van der Waals surface area contributed by atoms with Gasteiger partial charge < -0.3 is 14.6 Å². The van der Waals surface area contributed by atoms with Crippen molar-refractivity contribution < 1.29 is 14.6 Å². The zero-order valence-corrected chi connectivity index (χ0v) is 10.8. The second kappa shape index (κ2) is 9.52. The van der Waals surface area contributed by atoms with Crippen molar-refractivity contribution in [3.63, 3.8) is 0 Å². The van der Waals surface area contributed by atoms with Crippen LogP contribution in [0.4, 0.5) is 0 Å². The van der Waals surface area contributed by atoms with Crippen LogP contribution in [0.1, 0.15) is 25.3 Å². The summed E-state index contributed by atoms with van der Waals surface area (Å²) in [7, 11) is 0. The second-order valence-electron chi connectivity index (χ2n) is 3.73. The molecule has 0 aliphatic rings. The molecule has 0 amide bonds. The Balaban J connectivity index is 2.47. The maximum atomic E-state index is 8.69. The fraction of sp³-hybridized carbons (Fsp3) is 0.467. The van der Waals surface area contributed by atoms with Crippen molar-refractivity contribution in [1.29, 1.82) is 0 Å². The molecule has 1 aromatic carbocycles. The van der Waals surface area contributed by atoms with E-state index in [1.807, 2.05) is 24.3 Å². The van der Waals surface area contributed by atoms with Gasteiger partial charge >= 0.3 is 0 Å². The summed E-state index contributed by atoms with van der Waals surface area (Å²) < 4.78 is 11.0. The molecule has 1 aromatic rings. The van der Waals surface area contributed by atoms with E-state index in [0.717, 1.165) is 24.3 Å². The minimum absolute atomic E-state index is 0.0842. The minimum atomic E-state index is 0.0842. The third-order valence-electron chi connectivity index (χ3n) is 2.18. The quantitative estimate of drug-likeness (QED) is 0.594. The third-order valence-corrected chi connectivity index (χ3v) is 2.18. The van der Waals surface area contributed by atoms with E-state index in [0.29, 0.717) is 19.6 Å². The van der Waals surface area contributed by atoms with Crippen molar-refractivity contribution in [3.8, 4) is 17.6 Å². The highest BCUT2D eigenvalue weighted by atomic mass is 16.5. The Labute approximate surface area is 109 Å². The van der Waals surface area contributed by atoms with E-state index in [2.05, 4.69) is 18.8 Å². The molecule has 0 saturated heterocycles. The van der Waals surface area contributed by atoms with Crippen LogP contribution < -0.4 is 4.74 Å². The Morgan fingerprint density at radius 1 is 1.17 bits per heavy atom. The molecule has 0 unspecified atom stereocenters. The van der Waals surface area contributed by atoms with Crippen molar-refractivity contribution in [2.75, 3.05) is 26.4 Å². The van der Waals surface area contributed by atoms with Crippen molar-refractivity contribution in [2.24, 2.45) is 0 Å². The highest BCUT2D eigenvalue weighted by molar-refractivity contribution is 5.45. The highest BCUT2D eigenvalue weighted by Crippen LogP contribution is 2.16. The van der Waals surface area contributed by atoms with Crippen LogP contribution in [0.5, 0.6) is 5.75 Å². The topological polar surface area (TPSA) is 38.7 Å². The smallest absolute Gasteiger partial charge is 0.135 e. The zero-order valence-electron chi connectivity index (χ0n) is 10.8. The van der Waals surface area contributed by atoms with Gasteiger partial charge in [0.15, 0.2) is 0 Å². The molecule has 98 valence electrons. The van der Waals surface area contributed by atoms with Gasteiger partial charge in [0, 0.05) is 13.0 Å². The average molecular weight is 248 g/mol. The van der Waals surface area contributed by atoms with Gasteiger partial charge in [-0.2, -0.15) is 0 Å². The van der Waals surface area contributed by atoms with Gasteiger partial charge in [-0.1, -0.05) is 30.9 Å². The number of ether oxygens (including phenoxy) is 2. The molecule has 0 fully saturated rings. The molecular formula is C15H20O3. The summed E-state index contributed by atoms with van der Waals surface area (Å²) in [6.07, 6.45) is 1.50. The molecule has 0 spiro atoms. The first kappa shape index (κ1) is 14.6. The molecule has 0 aliphatic carbocycles. The number of aliphatic hydroxyl groups is 1. The van der Waals surface area contributed by atoms with Gasteiger partial charge in [-0.25, -0.2) is 0 Å². The molecule has 1 N–H and O–H groups in total. The number of para-hydroxylation sites is 1. The van der Waals surface area contributed by atoms with Crippen LogP contribution in [0.2, 0.25) is 0 Å². The first-order valence-corrected chi connectivity index (χ1v) is 6.27. The molecule has 0 atom stereocenters. The van der Waals surface area contributed by atoms with Crippen molar-refractivity contribution in [3.05, 3.63) is 29.8 Å². The lowest BCUT2D eigenvalue weighted by molar-refractivity contribution is 0.101. The van der Waals surface area contributed by atoms with Gasteiger partial charge in [0.25, 0.3) is 0 Å². The van der Waals surface area contributed by atoms with Crippen molar-refractivity contribution in [2.45, 2.75) is 19.8 Å². The van der Waals surface area contributed by atoms with E-state index < -0.39 is 0 Å². The number of aliphatic hydroxyl groups excluding tert-OH is 1. The predicted octanol–water partition coefficient (Wildman–Crippen LogP) is 2.23. The van der Waals surface area contributed by atoms with Crippen molar-refractivity contribution in [1.82, 2.24) is 0 Å². The summed E-state index contributed by atoms with van der Waals surface area (Å²) in [6, 6.07) is 7.64. The van der Waals surface area contributed by atoms with Crippen molar-refractivity contribution >= 4 is 0 Å². The van der Waals surface area contributed by atoms with E-state index in [4.69, 9.17) is 14.6 Å². The van der Waals surface area contributed by atoms with Crippen LogP contribution in [-0.2, 0) is 4.74 Å². The molecule has 0 radical (unpaired) electrons. The molecule has 0 bridgehead atoms. The maximum absolute atomic E-state index is 8.69. The normalized spacial score (nSPS) is 9.67. The predicted molar refractivity (Wildman–Crippen MR) is 71.6 cm³/mol. The Morgan fingerprint density at radius 3 is 2.78 bits per heavy atom. The molecule has 0 saturated carbocycles. The fourth-order valence-electron chi connectivity index (χ4n) is 1.37. The third kappa shape index (κ3) is 5.72. The number of hydrogen-bond donors (Lipinski definition) is 1. The van der Waals surface area contributed by atoms with Crippen LogP contribution in [0.15, 0.2) is 24.3 Å². The summed E-state index contributed by atoms with van der Waals surface area (Å²) in [6.45, 7) is 4.04. The van der Waals surface area contributed by atoms with Gasteiger partial charge in [0.2, 0.25) is 0 Å². The zero-order chi connectivity index (χ0) is 13.1. The Hall–Kier alpha value is -1.50. The number of hydrogen-bond acceptors (Lipinski definition) is 3. The lowest BCUT2D eigenvalue weighted by Crippen LogP contribution is -2.07. The summed E-state index contributed by atoms with van der Waals surface area (Å²) in [4.78, 5) is 0. The van der Waals surface area contributed by atoms with E-state index >= 15 is 0 Å². The SMILES string of the molecule is CCCOCCOc1ccccc1C#CCCO. The molecule has 0 heterocycles. The highest BCUT2D eigenvalue weighted by Gasteiger charge is 1.99. The van der Waals surface area contributed by atoms with Gasteiger partial charge in [-0.05, 0) is 18.6 Å². The lowest BCUT2D eigenvalue weighted by atomic mass is 10.2. The molecule has 3 nitrogen and oxygen atoms in total. The molecule has 18 heavy (non-hydrogen) atoms. The van der Waals surface area contributed by atoms with Crippen LogP contribution in [0.25, 0.3) is 0 Å². The van der Waals surface area contributed by atoms with Gasteiger partial charge in [-0.3, -0.25) is 0 Å². The standard InChI is InChI=1S/C15H20O3/c1-2-11-17-12-13-18-15-9-4-3-7-14(15)8-5-6-10-16/h3-4,7,9,16H,2,6,10-13H2,1H3. The Bertz CT molecular complexity index is 390. The number of benzene rings is 1. The van der Waals surface area contributed by atoms with Crippen LogP contribution in [-0.4, -0.2) is 31.5 Å². The van der Waals surface area contributed by atoms with Gasteiger partial charge in [-0.15, -0.1) is 0 Å². The van der Waals surface area contributed by atoms with E-state index in [1.165, 1.54) is 0 Å². The maximum Gasteiger partial charge on any atom is 0.135 e. The summed E-state index contributed by atoms with van der Waals surface area (Å²) in [5, 5.41) is 8.69. The van der Waals surface area contributed by atoms with E-state index in [-0.39, 0.29) is 6.61 Å². The lowest BCUT2D eigenvalue weighted by Gasteiger charge is -2.08. The Kier molecular flexibility index (Phi) is 7.70. The minimum Gasteiger partial charge on any atom is -0.490 e. The average Bonchev–Trinajstić information content (AvgIpc) is 2.40. The van der Waals surface area contributed by atoms with E-state index in [9.17, 15) is 0 Å². The van der Waals surface area contributed by atoms with Crippen LogP contribution >= 0.6 is 0 Å². The van der Waals surface area contributed by atoms with E-state index in [1.54, 1.807) is 0 Å². The summed E-state index contributed by atoms with van der Waals surface area (Å²) in [5.74, 6) is 6.65. The molecule has 1 rings (SSSR count). The van der Waals surface area contributed by atoms with Crippen LogP contribution in [0, 0.1) is 11.8 Å². The molecule has 0 aromatic heterocycles. The monoisotopic (exact) mass is 248 g/mol. The fourth-order valence-corrected chi connectivity index (χ4v) is 1.37. The molecule has 3 heteroatoms. The summed E-state index contributed by atoms with van der Waals surface area (Å²) in [5.41, 5.74) is 0.849. The molecular weight excluding hydrogens is 228 g/mol. The first-order valence-electron chi connectivity index (χ1n) is 6.27.